The third-order valence-electron chi connectivity index (χ3n) is 6.69. The number of carbonyl (C=O) groups excluding carboxylic acids is 2. The number of amides is 2. The van der Waals surface area contributed by atoms with Crippen molar-refractivity contribution in [3.05, 3.63) is 40.3 Å². The van der Waals surface area contributed by atoms with Crippen molar-refractivity contribution in [2.75, 3.05) is 24.5 Å². The van der Waals surface area contributed by atoms with Crippen molar-refractivity contribution in [2.24, 2.45) is 0 Å². The molecule has 10 heteroatoms. The minimum absolute atomic E-state index is 0.0445. The number of nitrogens with one attached hydrogen (secondary N) is 1. The molecule has 2 saturated heterocycles. The number of fused-ring (bicyclic) bond motifs is 3. The second-order valence-corrected chi connectivity index (χ2v) is 10.4. The average Bonchev–Trinajstić information content (AvgIpc) is 3.16. The van der Waals surface area contributed by atoms with Crippen LogP contribution < -0.4 is 10.5 Å². The first-order chi connectivity index (χ1) is 16.6. The van der Waals surface area contributed by atoms with Crippen LogP contribution in [0.5, 0.6) is 0 Å². The van der Waals surface area contributed by atoms with Gasteiger partial charge in [-0.1, -0.05) is 6.07 Å². The molecule has 0 spiro atoms. The number of H-pyrrole nitrogens is 1. The Labute approximate surface area is 202 Å². The van der Waals surface area contributed by atoms with E-state index >= 15 is 0 Å². The van der Waals surface area contributed by atoms with Crippen molar-refractivity contribution in [2.45, 2.75) is 64.1 Å². The molecule has 10 nitrogen and oxygen atoms in total. The fraction of sp³-hybridized carbons (Fsp3) is 0.520. The van der Waals surface area contributed by atoms with Crippen LogP contribution in [0.25, 0.3) is 16.6 Å². The van der Waals surface area contributed by atoms with Crippen LogP contribution in [0, 0.1) is 0 Å². The summed E-state index contributed by atoms with van der Waals surface area (Å²) in [6.45, 7) is 7.01. The topological polar surface area (TPSA) is 120 Å². The van der Waals surface area contributed by atoms with Gasteiger partial charge in [0.2, 0.25) is 5.91 Å². The standard InChI is InChI=1S/C25H31N5O5/c1-25(2,3)35-24(34)28-10-7-15(8-11-28)19-14-20(32)26-23-22-17(27-30(19)23)5-4-6-18(22)29-12-9-16(31)13-21(29)33/h4-6,14-16,31H,7-13H2,1-3H3,(H,26,32)/t16-/m0/s1. The van der Waals surface area contributed by atoms with E-state index in [1.807, 2.05) is 39.0 Å². The summed E-state index contributed by atoms with van der Waals surface area (Å²) in [5.41, 5.74) is 1.91. The molecule has 0 radical (unpaired) electrons. The van der Waals surface area contributed by atoms with Gasteiger partial charge in [-0.2, -0.15) is 5.10 Å². The molecule has 2 N–H and O–H groups in total. The maximum atomic E-state index is 12.7. The molecule has 0 saturated carbocycles. The predicted octanol–water partition coefficient (Wildman–Crippen LogP) is 2.78. The summed E-state index contributed by atoms with van der Waals surface area (Å²) in [5, 5.41) is 15.4. The highest BCUT2D eigenvalue weighted by Gasteiger charge is 2.31. The van der Waals surface area contributed by atoms with Crippen molar-refractivity contribution in [3.8, 4) is 0 Å². The molecule has 2 aliphatic rings. The summed E-state index contributed by atoms with van der Waals surface area (Å²) < 4.78 is 7.27. The smallest absolute Gasteiger partial charge is 0.410 e. The molecular formula is C25H31N5O5. The first kappa shape index (κ1) is 23.3. The van der Waals surface area contributed by atoms with Gasteiger partial charge >= 0.3 is 6.09 Å². The fourth-order valence-electron chi connectivity index (χ4n) is 5.04. The number of benzene rings is 1. The molecule has 0 unspecified atom stereocenters. The van der Waals surface area contributed by atoms with Crippen LogP contribution in [0.3, 0.4) is 0 Å². The Kier molecular flexibility index (Phi) is 5.79. The Morgan fingerprint density at radius 2 is 1.89 bits per heavy atom. The normalized spacial score (nSPS) is 20.1. The second-order valence-electron chi connectivity index (χ2n) is 10.4. The molecule has 0 aliphatic carbocycles. The van der Waals surface area contributed by atoms with Gasteiger partial charge in [0.25, 0.3) is 5.56 Å². The number of hydrogen-bond donors (Lipinski definition) is 2. The maximum Gasteiger partial charge on any atom is 0.410 e. The largest absolute Gasteiger partial charge is 0.444 e. The van der Waals surface area contributed by atoms with Gasteiger partial charge < -0.3 is 24.6 Å². The first-order valence-corrected chi connectivity index (χ1v) is 12.1. The highest BCUT2D eigenvalue weighted by atomic mass is 16.6. The van der Waals surface area contributed by atoms with E-state index in [2.05, 4.69) is 4.98 Å². The van der Waals surface area contributed by atoms with Crippen LogP contribution in [0.15, 0.2) is 29.1 Å². The van der Waals surface area contributed by atoms with Crippen molar-refractivity contribution in [1.29, 1.82) is 0 Å². The number of aromatic nitrogens is 3. The van der Waals surface area contributed by atoms with E-state index in [1.54, 1.807) is 20.4 Å². The summed E-state index contributed by atoms with van der Waals surface area (Å²) in [7, 11) is 0. The van der Waals surface area contributed by atoms with Gasteiger partial charge in [-0.25, -0.2) is 9.31 Å². The minimum atomic E-state index is -0.625. The fourth-order valence-corrected chi connectivity index (χ4v) is 5.04. The monoisotopic (exact) mass is 481 g/mol. The summed E-state index contributed by atoms with van der Waals surface area (Å²) >= 11 is 0. The number of piperidine rings is 2. The molecule has 3 aromatic rings. The third-order valence-corrected chi connectivity index (χ3v) is 6.69. The van der Waals surface area contributed by atoms with Crippen molar-refractivity contribution >= 4 is 34.2 Å². The molecule has 4 heterocycles. The van der Waals surface area contributed by atoms with Gasteiger partial charge in [-0.3, -0.25) is 9.59 Å². The molecule has 35 heavy (non-hydrogen) atoms. The van der Waals surface area contributed by atoms with Crippen LogP contribution in [-0.4, -0.2) is 67.9 Å². The zero-order valence-electron chi connectivity index (χ0n) is 20.3. The van der Waals surface area contributed by atoms with Gasteiger partial charge in [0.1, 0.15) is 11.2 Å². The summed E-state index contributed by atoms with van der Waals surface area (Å²) in [4.78, 5) is 44.2. The third kappa shape index (κ3) is 4.50. The van der Waals surface area contributed by atoms with Crippen LogP contribution in [0.1, 0.15) is 58.1 Å². The zero-order valence-corrected chi connectivity index (χ0v) is 20.3. The van der Waals surface area contributed by atoms with Crippen LogP contribution in [-0.2, 0) is 9.53 Å². The van der Waals surface area contributed by atoms with E-state index in [1.165, 1.54) is 0 Å². The zero-order chi connectivity index (χ0) is 24.9. The van der Waals surface area contributed by atoms with Crippen LogP contribution >= 0.6 is 0 Å². The number of hydrogen-bond acceptors (Lipinski definition) is 6. The van der Waals surface area contributed by atoms with E-state index in [0.717, 1.165) is 5.69 Å². The molecule has 2 aromatic heterocycles. The Morgan fingerprint density at radius 3 is 2.57 bits per heavy atom. The lowest BCUT2D eigenvalue weighted by atomic mass is 9.93. The number of aromatic amines is 1. The number of rotatable bonds is 2. The van der Waals surface area contributed by atoms with Gasteiger partial charge in [0, 0.05) is 31.6 Å². The minimum Gasteiger partial charge on any atom is -0.444 e. The van der Waals surface area contributed by atoms with Crippen molar-refractivity contribution in [1.82, 2.24) is 19.5 Å². The Balaban J connectivity index is 1.49. The second kappa shape index (κ2) is 8.67. The van der Waals surface area contributed by atoms with Crippen LogP contribution in [0.4, 0.5) is 10.5 Å². The first-order valence-electron chi connectivity index (χ1n) is 12.1. The lowest BCUT2D eigenvalue weighted by molar-refractivity contribution is -0.122. The molecular weight excluding hydrogens is 450 g/mol. The van der Waals surface area contributed by atoms with Gasteiger partial charge in [0.15, 0.2) is 0 Å². The van der Waals surface area contributed by atoms with Gasteiger partial charge in [0.05, 0.1) is 34.8 Å². The number of carbonyl (C=O) groups is 2. The lowest BCUT2D eigenvalue weighted by Gasteiger charge is -2.33. The molecule has 2 fully saturated rings. The number of aliphatic hydroxyl groups is 1. The predicted molar refractivity (Wildman–Crippen MR) is 131 cm³/mol. The van der Waals surface area contributed by atoms with Crippen molar-refractivity contribution in [3.63, 3.8) is 0 Å². The molecule has 1 aromatic carbocycles. The van der Waals surface area contributed by atoms with Gasteiger partial charge in [-0.05, 0) is 52.2 Å². The SMILES string of the molecule is CC(C)(C)OC(=O)N1CCC(c2cc(=O)[nH]c3c4c(N5CC[C@H](O)CC5=O)cccc4nn23)CC1. The number of ether oxygens (including phenoxy) is 1. The average molecular weight is 482 g/mol. The van der Waals surface area contributed by atoms with E-state index in [4.69, 9.17) is 9.84 Å². The number of nitrogens with zero attached hydrogens (tertiary/aromatic N) is 4. The lowest BCUT2D eigenvalue weighted by Crippen LogP contribution is -2.41. The van der Waals surface area contributed by atoms with Gasteiger partial charge in [-0.15, -0.1) is 0 Å². The Morgan fingerprint density at radius 1 is 1.14 bits per heavy atom. The highest BCUT2D eigenvalue weighted by molar-refractivity contribution is 6.08. The summed E-state index contributed by atoms with van der Waals surface area (Å²) in [5.74, 6) is -0.105. The van der Waals surface area contributed by atoms with E-state index < -0.39 is 11.7 Å². The van der Waals surface area contributed by atoms with E-state index in [-0.39, 0.29) is 29.9 Å². The number of likely N-dealkylation sites (tertiary alicyclic amines) is 1. The van der Waals surface area contributed by atoms with E-state index in [0.29, 0.717) is 61.1 Å². The maximum absolute atomic E-state index is 12.7. The summed E-state index contributed by atoms with van der Waals surface area (Å²) in [6, 6.07) is 7.14. The number of anilines is 1. The highest BCUT2D eigenvalue weighted by Crippen LogP contribution is 2.34. The molecule has 5 rings (SSSR count). The Bertz CT molecular complexity index is 1350. The summed E-state index contributed by atoms with van der Waals surface area (Å²) in [6.07, 6.45) is 0.997. The number of aliphatic hydroxyl groups excluding tert-OH is 1. The van der Waals surface area contributed by atoms with Crippen LogP contribution in [0.2, 0.25) is 0 Å². The molecule has 2 aliphatic heterocycles. The Hall–Kier alpha value is -3.40. The quantitative estimate of drug-likeness (QED) is 0.581. The molecule has 1 atom stereocenters. The van der Waals surface area contributed by atoms with Crippen molar-refractivity contribution < 1.29 is 19.4 Å². The van der Waals surface area contributed by atoms with E-state index in [9.17, 15) is 19.5 Å². The molecule has 186 valence electrons. The molecule has 0 bridgehead atoms. The molecule has 2 amide bonds.